The van der Waals surface area contributed by atoms with Gasteiger partial charge >= 0.3 is 0 Å². The highest BCUT2D eigenvalue weighted by atomic mass is 79.9. The van der Waals surface area contributed by atoms with Crippen molar-refractivity contribution < 1.29 is 0 Å². The largest absolute Gasteiger partial charge is 0.354 e. The lowest BCUT2D eigenvalue weighted by Crippen LogP contribution is -2.20. The summed E-state index contributed by atoms with van der Waals surface area (Å²) in [5, 5.41) is 3.65. The van der Waals surface area contributed by atoms with Crippen molar-refractivity contribution in [3.63, 3.8) is 0 Å². The first kappa shape index (κ1) is 15.3. The molecule has 1 atom stereocenters. The average molecular weight is 335 g/mol. The molecule has 1 aromatic carbocycles. The summed E-state index contributed by atoms with van der Waals surface area (Å²) in [5.74, 6) is 0. The van der Waals surface area contributed by atoms with Crippen LogP contribution in [0.3, 0.4) is 0 Å². The fourth-order valence-corrected chi connectivity index (χ4v) is 2.69. The Hall–Kier alpha value is -1.06. The molecule has 0 aliphatic rings. The monoisotopic (exact) mass is 334 g/mol. The molecule has 0 bridgehead atoms. The van der Waals surface area contributed by atoms with Gasteiger partial charge in [0.2, 0.25) is 0 Å². The highest BCUT2D eigenvalue weighted by molar-refractivity contribution is 9.10. The van der Waals surface area contributed by atoms with E-state index in [-0.39, 0.29) is 0 Å². The first-order valence-corrected chi connectivity index (χ1v) is 8.15. The lowest BCUT2D eigenvalue weighted by atomic mass is 10.0. The van der Waals surface area contributed by atoms with E-state index in [2.05, 4.69) is 82.4 Å². The molecule has 20 heavy (non-hydrogen) atoms. The molecular weight excluding hydrogens is 312 g/mol. The van der Waals surface area contributed by atoms with E-state index in [1.807, 2.05) is 0 Å². The van der Waals surface area contributed by atoms with Gasteiger partial charge in [-0.05, 0) is 42.2 Å². The summed E-state index contributed by atoms with van der Waals surface area (Å²) in [6.07, 6.45) is 6.68. The highest BCUT2D eigenvalue weighted by Crippen LogP contribution is 2.20. The van der Waals surface area contributed by atoms with Crippen molar-refractivity contribution >= 4 is 15.9 Å². The fraction of sp³-hybridized carbons (Fsp3) is 0.412. The lowest BCUT2D eigenvalue weighted by molar-refractivity contribution is 0.518. The average Bonchev–Trinajstić information content (AvgIpc) is 2.89. The zero-order valence-electron chi connectivity index (χ0n) is 12.3. The highest BCUT2D eigenvalue weighted by Gasteiger charge is 2.08. The van der Waals surface area contributed by atoms with Crippen LogP contribution >= 0.6 is 15.9 Å². The molecule has 0 radical (unpaired) electrons. The minimum Gasteiger partial charge on any atom is -0.354 e. The van der Waals surface area contributed by atoms with E-state index in [0.717, 1.165) is 24.0 Å². The molecule has 0 spiro atoms. The number of aryl methyl sites for hydroxylation is 1. The first-order chi connectivity index (χ1) is 9.72. The summed E-state index contributed by atoms with van der Waals surface area (Å²) in [4.78, 5) is 0. The van der Waals surface area contributed by atoms with Gasteiger partial charge in [0.25, 0.3) is 0 Å². The molecule has 0 saturated heterocycles. The number of halogens is 1. The molecule has 2 nitrogen and oxygen atoms in total. The summed E-state index contributed by atoms with van der Waals surface area (Å²) in [6.45, 7) is 6.45. The number of benzene rings is 1. The quantitative estimate of drug-likeness (QED) is 0.761. The van der Waals surface area contributed by atoms with E-state index >= 15 is 0 Å². The van der Waals surface area contributed by atoms with Gasteiger partial charge in [-0.2, -0.15) is 0 Å². The van der Waals surface area contributed by atoms with Crippen molar-refractivity contribution in [1.29, 1.82) is 0 Å². The summed E-state index contributed by atoms with van der Waals surface area (Å²) in [5.41, 5.74) is 2.71. The predicted molar refractivity (Wildman–Crippen MR) is 88.7 cm³/mol. The minimum absolute atomic E-state index is 0.414. The van der Waals surface area contributed by atoms with Crippen molar-refractivity contribution in [1.82, 2.24) is 9.88 Å². The van der Waals surface area contributed by atoms with E-state index in [1.165, 1.54) is 17.5 Å². The molecule has 1 heterocycles. The second kappa shape index (κ2) is 7.65. The molecule has 0 aliphatic carbocycles. The predicted octanol–water partition coefficient (Wildman–Crippen LogP) is 4.90. The van der Waals surface area contributed by atoms with E-state index in [9.17, 15) is 0 Å². The van der Waals surface area contributed by atoms with E-state index < -0.39 is 0 Å². The normalized spacial score (nSPS) is 12.6. The molecule has 0 aliphatic heterocycles. The molecule has 3 heteroatoms. The molecule has 1 N–H and O–H groups in total. The lowest BCUT2D eigenvalue weighted by Gasteiger charge is -2.17. The molecule has 0 fully saturated rings. The van der Waals surface area contributed by atoms with Gasteiger partial charge in [0.05, 0.1) is 0 Å². The second-order valence-electron chi connectivity index (χ2n) is 5.15. The summed E-state index contributed by atoms with van der Waals surface area (Å²) < 4.78 is 3.39. The number of aromatic nitrogens is 1. The van der Waals surface area contributed by atoms with Gasteiger partial charge in [0.15, 0.2) is 0 Å². The van der Waals surface area contributed by atoms with Crippen LogP contribution in [0, 0.1) is 0 Å². The molecular formula is C17H23BrN2. The standard InChI is InChI=1S/C17H23BrN2/c1-3-10-20-11-9-14(13-20)12-19-17(4-2)15-5-7-16(18)8-6-15/h5-9,11,13,17,19H,3-4,10,12H2,1-2H3. The summed E-state index contributed by atoms with van der Waals surface area (Å²) >= 11 is 3.49. The van der Waals surface area contributed by atoms with Gasteiger partial charge < -0.3 is 9.88 Å². The third-order valence-electron chi connectivity index (χ3n) is 3.53. The van der Waals surface area contributed by atoms with Gasteiger partial charge in [-0.3, -0.25) is 0 Å². The van der Waals surface area contributed by atoms with Crippen LogP contribution in [0.15, 0.2) is 47.2 Å². The fourth-order valence-electron chi connectivity index (χ4n) is 2.43. The van der Waals surface area contributed by atoms with Crippen LogP contribution in [-0.4, -0.2) is 4.57 Å². The summed E-state index contributed by atoms with van der Waals surface area (Å²) in [6, 6.07) is 11.2. The van der Waals surface area contributed by atoms with Crippen LogP contribution < -0.4 is 5.32 Å². The van der Waals surface area contributed by atoms with Crippen molar-refractivity contribution in [3.8, 4) is 0 Å². The zero-order valence-corrected chi connectivity index (χ0v) is 13.9. The topological polar surface area (TPSA) is 17.0 Å². The third-order valence-corrected chi connectivity index (χ3v) is 4.06. The van der Waals surface area contributed by atoms with E-state index in [0.29, 0.717) is 6.04 Å². The number of nitrogens with one attached hydrogen (secondary N) is 1. The molecule has 0 saturated carbocycles. The number of hydrogen-bond donors (Lipinski definition) is 1. The molecule has 108 valence electrons. The van der Waals surface area contributed by atoms with E-state index in [1.54, 1.807) is 0 Å². The Bertz CT molecular complexity index is 516. The Morgan fingerprint density at radius 1 is 1.15 bits per heavy atom. The van der Waals surface area contributed by atoms with Crippen molar-refractivity contribution in [2.24, 2.45) is 0 Å². The Morgan fingerprint density at radius 3 is 2.55 bits per heavy atom. The Labute approximate surface area is 130 Å². The second-order valence-corrected chi connectivity index (χ2v) is 6.07. The van der Waals surface area contributed by atoms with Gasteiger partial charge in [0, 0.05) is 36.0 Å². The van der Waals surface area contributed by atoms with Crippen LogP contribution in [-0.2, 0) is 13.1 Å². The van der Waals surface area contributed by atoms with Gasteiger partial charge in [0.1, 0.15) is 0 Å². The molecule has 1 aromatic heterocycles. The molecule has 2 rings (SSSR count). The maximum absolute atomic E-state index is 3.65. The van der Waals surface area contributed by atoms with Crippen LogP contribution in [0.4, 0.5) is 0 Å². The van der Waals surface area contributed by atoms with Gasteiger partial charge in [-0.1, -0.05) is 41.9 Å². The van der Waals surface area contributed by atoms with E-state index in [4.69, 9.17) is 0 Å². The zero-order chi connectivity index (χ0) is 14.4. The smallest absolute Gasteiger partial charge is 0.0320 e. The number of nitrogens with zero attached hydrogens (tertiary/aromatic N) is 1. The molecule has 1 unspecified atom stereocenters. The van der Waals surface area contributed by atoms with Crippen molar-refractivity contribution in [2.75, 3.05) is 0 Å². The number of rotatable bonds is 7. The third kappa shape index (κ3) is 4.22. The molecule has 2 aromatic rings. The first-order valence-electron chi connectivity index (χ1n) is 7.36. The van der Waals surface area contributed by atoms with Crippen molar-refractivity contribution in [3.05, 3.63) is 58.3 Å². The van der Waals surface area contributed by atoms with Gasteiger partial charge in [-0.15, -0.1) is 0 Å². The Balaban J connectivity index is 1.94. The van der Waals surface area contributed by atoms with Crippen molar-refractivity contribution in [2.45, 2.75) is 45.8 Å². The SMILES string of the molecule is CCCn1ccc(CNC(CC)c2ccc(Br)cc2)c1. The maximum Gasteiger partial charge on any atom is 0.0320 e. The maximum atomic E-state index is 3.65. The van der Waals surface area contributed by atoms with Crippen LogP contribution in [0.25, 0.3) is 0 Å². The number of hydrogen-bond acceptors (Lipinski definition) is 1. The van der Waals surface area contributed by atoms with Crippen LogP contribution in [0.1, 0.15) is 43.9 Å². The van der Waals surface area contributed by atoms with Crippen LogP contribution in [0.5, 0.6) is 0 Å². The Kier molecular flexibility index (Phi) is 5.86. The minimum atomic E-state index is 0.414. The summed E-state index contributed by atoms with van der Waals surface area (Å²) in [7, 11) is 0. The molecule has 0 amide bonds. The van der Waals surface area contributed by atoms with Gasteiger partial charge in [-0.25, -0.2) is 0 Å². The van der Waals surface area contributed by atoms with Crippen LogP contribution in [0.2, 0.25) is 0 Å². The Morgan fingerprint density at radius 2 is 1.90 bits per heavy atom.